The zero-order chi connectivity index (χ0) is 13.3. The van der Waals surface area contributed by atoms with E-state index in [2.05, 4.69) is 5.32 Å². The number of carbonyl (C=O) groups excluding carboxylic acids is 1. The Morgan fingerprint density at radius 2 is 1.89 bits per heavy atom. The Balaban J connectivity index is 2.40. The number of fused-ring (bicyclic) bond motifs is 1. The summed E-state index contributed by atoms with van der Waals surface area (Å²) in [6, 6.07) is 7.18. The number of anilines is 1. The first kappa shape index (κ1) is 13.0. The molecule has 1 aliphatic rings. The van der Waals surface area contributed by atoms with Gasteiger partial charge < -0.3 is 5.32 Å². The van der Waals surface area contributed by atoms with E-state index in [-0.39, 0.29) is 19.0 Å². The van der Waals surface area contributed by atoms with Crippen LogP contribution < -0.4 is 5.32 Å². The summed E-state index contributed by atoms with van der Waals surface area (Å²) in [5.74, 6) is -0.328. The molecule has 1 heterocycles. The summed E-state index contributed by atoms with van der Waals surface area (Å²) in [5, 5.41) is 2.70. The fourth-order valence-electron chi connectivity index (χ4n) is 1.77. The van der Waals surface area contributed by atoms with Crippen molar-refractivity contribution < 1.29 is 13.2 Å². The maximum Gasteiger partial charge on any atom is 0.282 e. The molecule has 98 valence electrons. The van der Waals surface area contributed by atoms with Gasteiger partial charge in [0.15, 0.2) is 0 Å². The van der Waals surface area contributed by atoms with Crippen molar-refractivity contribution in [1.29, 1.82) is 0 Å². The molecular formula is C11H15N3O3S. The fourth-order valence-corrected chi connectivity index (χ4v) is 2.81. The highest BCUT2D eigenvalue weighted by molar-refractivity contribution is 7.86. The SMILES string of the molecule is CN(C)S(=O)(=O)N1CC(=O)Nc2ccccc2C1. The Bertz CT molecular complexity index is 569. The van der Waals surface area contributed by atoms with E-state index in [4.69, 9.17) is 0 Å². The molecule has 1 N–H and O–H groups in total. The van der Waals surface area contributed by atoms with Gasteiger partial charge in [0.25, 0.3) is 10.2 Å². The first-order valence-electron chi connectivity index (χ1n) is 5.46. The Morgan fingerprint density at radius 3 is 2.56 bits per heavy atom. The molecule has 6 nitrogen and oxygen atoms in total. The van der Waals surface area contributed by atoms with Crippen molar-refractivity contribution in [2.45, 2.75) is 6.54 Å². The summed E-state index contributed by atoms with van der Waals surface area (Å²) < 4.78 is 26.4. The van der Waals surface area contributed by atoms with Gasteiger partial charge in [0.1, 0.15) is 0 Å². The molecule has 0 unspecified atom stereocenters. The van der Waals surface area contributed by atoms with Crippen LogP contribution in [0.15, 0.2) is 24.3 Å². The van der Waals surface area contributed by atoms with Gasteiger partial charge in [-0.3, -0.25) is 4.79 Å². The summed E-state index contributed by atoms with van der Waals surface area (Å²) in [4.78, 5) is 11.7. The molecule has 18 heavy (non-hydrogen) atoms. The summed E-state index contributed by atoms with van der Waals surface area (Å²) >= 11 is 0. The zero-order valence-electron chi connectivity index (χ0n) is 10.3. The van der Waals surface area contributed by atoms with E-state index in [0.717, 1.165) is 14.2 Å². The molecule has 7 heteroatoms. The molecule has 1 aliphatic heterocycles. The highest BCUT2D eigenvalue weighted by atomic mass is 32.2. The minimum Gasteiger partial charge on any atom is -0.325 e. The molecule has 0 fully saturated rings. The number of benzene rings is 1. The minimum atomic E-state index is -3.59. The van der Waals surface area contributed by atoms with E-state index in [1.807, 2.05) is 6.07 Å². The van der Waals surface area contributed by atoms with Crippen LogP contribution in [0, 0.1) is 0 Å². The van der Waals surface area contributed by atoms with Crippen LogP contribution >= 0.6 is 0 Å². The van der Waals surface area contributed by atoms with Crippen LogP contribution in [0.4, 0.5) is 5.69 Å². The molecule has 1 aromatic carbocycles. The number of carbonyl (C=O) groups is 1. The second kappa shape index (κ2) is 4.68. The summed E-state index contributed by atoms with van der Waals surface area (Å²) in [6.07, 6.45) is 0. The van der Waals surface area contributed by atoms with Gasteiger partial charge in [0.2, 0.25) is 5.91 Å². The molecule has 0 saturated carbocycles. The molecule has 1 aromatic rings. The maximum atomic E-state index is 12.1. The lowest BCUT2D eigenvalue weighted by atomic mass is 10.2. The third-order valence-corrected chi connectivity index (χ3v) is 4.58. The van der Waals surface area contributed by atoms with Gasteiger partial charge in [-0.05, 0) is 11.6 Å². The lowest BCUT2D eigenvalue weighted by molar-refractivity contribution is -0.116. The van der Waals surface area contributed by atoms with E-state index in [9.17, 15) is 13.2 Å². The van der Waals surface area contributed by atoms with E-state index in [1.165, 1.54) is 14.1 Å². The van der Waals surface area contributed by atoms with Crippen molar-refractivity contribution in [2.24, 2.45) is 0 Å². The van der Waals surface area contributed by atoms with Crippen molar-refractivity contribution >= 4 is 21.8 Å². The van der Waals surface area contributed by atoms with Crippen molar-refractivity contribution in [3.05, 3.63) is 29.8 Å². The van der Waals surface area contributed by atoms with Crippen LogP contribution in [-0.2, 0) is 21.5 Å². The Labute approximate surface area is 106 Å². The Morgan fingerprint density at radius 1 is 1.22 bits per heavy atom. The van der Waals surface area contributed by atoms with Gasteiger partial charge in [-0.2, -0.15) is 17.0 Å². The molecule has 0 bridgehead atoms. The number of rotatable bonds is 2. The number of para-hydroxylation sites is 1. The van der Waals surface area contributed by atoms with Crippen LogP contribution in [-0.4, -0.2) is 43.6 Å². The van der Waals surface area contributed by atoms with E-state index in [0.29, 0.717) is 5.69 Å². The summed E-state index contributed by atoms with van der Waals surface area (Å²) in [7, 11) is -0.696. The van der Waals surface area contributed by atoms with Crippen LogP contribution in [0.5, 0.6) is 0 Å². The minimum absolute atomic E-state index is 0.171. The topological polar surface area (TPSA) is 69.7 Å². The molecule has 0 spiro atoms. The first-order valence-corrected chi connectivity index (χ1v) is 6.86. The molecular weight excluding hydrogens is 254 g/mol. The monoisotopic (exact) mass is 269 g/mol. The summed E-state index contributed by atoms with van der Waals surface area (Å²) in [6.45, 7) is 0.0185. The van der Waals surface area contributed by atoms with Crippen molar-refractivity contribution in [3.63, 3.8) is 0 Å². The molecule has 1 amide bonds. The van der Waals surface area contributed by atoms with Crippen molar-refractivity contribution in [2.75, 3.05) is 26.0 Å². The third kappa shape index (κ3) is 2.38. The van der Waals surface area contributed by atoms with Gasteiger partial charge in [0, 0.05) is 26.3 Å². The van der Waals surface area contributed by atoms with Gasteiger partial charge in [0.05, 0.1) is 6.54 Å². The highest BCUT2D eigenvalue weighted by Gasteiger charge is 2.29. The fraction of sp³-hybridized carbons (Fsp3) is 0.364. The van der Waals surface area contributed by atoms with E-state index in [1.54, 1.807) is 18.2 Å². The maximum absolute atomic E-state index is 12.1. The lowest BCUT2D eigenvalue weighted by Crippen LogP contribution is -2.42. The largest absolute Gasteiger partial charge is 0.325 e. The highest BCUT2D eigenvalue weighted by Crippen LogP contribution is 2.22. The standard InChI is InChI=1S/C11H15N3O3S/c1-13(2)18(16,17)14-7-9-5-3-4-6-10(9)12-11(15)8-14/h3-6H,7-8H2,1-2H3,(H,12,15). The average molecular weight is 269 g/mol. The molecule has 0 aliphatic carbocycles. The van der Waals surface area contributed by atoms with Crippen LogP contribution in [0.25, 0.3) is 0 Å². The normalized spacial score (nSPS) is 17.2. The quantitative estimate of drug-likeness (QED) is 0.836. The Hall–Kier alpha value is -1.44. The van der Waals surface area contributed by atoms with E-state index >= 15 is 0 Å². The molecule has 0 radical (unpaired) electrons. The van der Waals surface area contributed by atoms with Gasteiger partial charge in [-0.25, -0.2) is 0 Å². The smallest absolute Gasteiger partial charge is 0.282 e. The second-order valence-corrected chi connectivity index (χ2v) is 6.41. The van der Waals surface area contributed by atoms with Gasteiger partial charge >= 0.3 is 0 Å². The van der Waals surface area contributed by atoms with Crippen molar-refractivity contribution in [1.82, 2.24) is 8.61 Å². The lowest BCUT2D eigenvalue weighted by Gasteiger charge is -2.22. The number of amides is 1. The van der Waals surface area contributed by atoms with Crippen molar-refractivity contribution in [3.8, 4) is 0 Å². The van der Waals surface area contributed by atoms with E-state index < -0.39 is 10.2 Å². The predicted octanol–water partition coefficient (Wildman–Crippen LogP) is 0.247. The van der Waals surface area contributed by atoms with Gasteiger partial charge in [-0.1, -0.05) is 18.2 Å². The van der Waals surface area contributed by atoms with Gasteiger partial charge in [-0.15, -0.1) is 0 Å². The number of nitrogens with zero attached hydrogens (tertiary/aromatic N) is 2. The van der Waals surface area contributed by atoms with Crippen LogP contribution in [0.3, 0.4) is 0 Å². The number of hydrogen-bond acceptors (Lipinski definition) is 3. The zero-order valence-corrected chi connectivity index (χ0v) is 11.1. The Kier molecular flexibility index (Phi) is 3.38. The predicted molar refractivity (Wildman–Crippen MR) is 68.1 cm³/mol. The third-order valence-electron chi connectivity index (χ3n) is 2.75. The van der Waals surface area contributed by atoms with Crippen LogP contribution in [0.2, 0.25) is 0 Å². The first-order chi connectivity index (χ1) is 8.41. The van der Waals surface area contributed by atoms with Crippen LogP contribution in [0.1, 0.15) is 5.56 Å². The summed E-state index contributed by atoms with van der Waals surface area (Å²) in [5.41, 5.74) is 1.45. The molecule has 0 atom stereocenters. The molecule has 0 saturated heterocycles. The number of hydrogen-bond donors (Lipinski definition) is 1. The second-order valence-electron chi connectivity index (χ2n) is 4.26. The average Bonchev–Trinajstić information content (AvgIpc) is 2.46. The molecule has 0 aromatic heterocycles. The number of nitrogens with one attached hydrogen (secondary N) is 1. The molecule has 2 rings (SSSR count).